The molecule has 2 amide bonds. The molecule has 0 aliphatic carbocycles. The third kappa shape index (κ3) is 4.14. The van der Waals surface area contributed by atoms with E-state index >= 15 is 0 Å². The van der Waals surface area contributed by atoms with E-state index in [0.29, 0.717) is 11.1 Å². The van der Waals surface area contributed by atoms with Crippen LogP contribution in [0.2, 0.25) is 0 Å². The zero-order chi connectivity index (χ0) is 16.1. The van der Waals surface area contributed by atoms with Crippen molar-refractivity contribution in [2.24, 2.45) is 0 Å². The van der Waals surface area contributed by atoms with E-state index in [2.05, 4.69) is 15.6 Å². The predicted molar refractivity (Wildman–Crippen MR) is 87.0 cm³/mol. The summed E-state index contributed by atoms with van der Waals surface area (Å²) in [6, 6.07) is 6.55. The molecule has 1 atom stereocenters. The minimum absolute atomic E-state index is 0.0784. The molecule has 22 heavy (non-hydrogen) atoms. The van der Waals surface area contributed by atoms with Gasteiger partial charge in [0, 0.05) is 28.7 Å². The Morgan fingerprint density at radius 3 is 2.00 bits per heavy atom. The summed E-state index contributed by atoms with van der Waals surface area (Å²) < 4.78 is 0. The lowest BCUT2D eigenvalue weighted by Crippen LogP contribution is -2.30. The lowest BCUT2D eigenvalue weighted by atomic mass is 10.1. The second kappa shape index (κ2) is 7.17. The first-order valence-corrected chi connectivity index (χ1v) is 7.96. The first-order valence-electron chi connectivity index (χ1n) is 7.08. The highest BCUT2D eigenvalue weighted by Gasteiger charge is 2.14. The van der Waals surface area contributed by atoms with Gasteiger partial charge < -0.3 is 10.6 Å². The molecule has 5 nitrogen and oxygen atoms in total. The molecule has 6 heteroatoms. The maximum absolute atomic E-state index is 12.2. The molecule has 0 fully saturated rings. The van der Waals surface area contributed by atoms with E-state index in [1.165, 1.54) is 11.3 Å². The van der Waals surface area contributed by atoms with Gasteiger partial charge in [-0.25, -0.2) is 4.98 Å². The number of hydrogen-bond acceptors (Lipinski definition) is 4. The normalized spacial score (nSPS) is 12.0. The van der Waals surface area contributed by atoms with Gasteiger partial charge in [0.25, 0.3) is 11.8 Å². The van der Waals surface area contributed by atoms with Crippen LogP contribution >= 0.6 is 11.3 Å². The van der Waals surface area contributed by atoms with Crippen LogP contribution < -0.4 is 10.6 Å². The number of nitrogens with zero attached hydrogens (tertiary/aromatic N) is 1. The molecule has 0 bridgehead atoms. The molecule has 0 aliphatic rings. The van der Waals surface area contributed by atoms with Crippen molar-refractivity contribution in [2.45, 2.75) is 32.9 Å². The standard InChI is InChI=1S/C16H19N3O2S/c1-10(2)18-14(20)12-4-6-13(7-5-12)15(21)19-11(3)16-17-8-9-22-16/h4-11H,1-3H3,(H,18,20)(H,19,21). The Balaban J connectivity index is 2.00. The van der Waals surface area contributed by atoms with Crippen LogP contribution in [0.5, 0.6) is 0 Å². The van der Waals surface area contributed by atoms with E-state index in [1.54, 1.807) is 30.5 Å². The lowest BCUT2D eigenvalue weighted by molar-refractivity contribution is 0.0929. The Hall–Kier alpha value is -2.21. The fourth-order valence-electron chi connectivity index (χ4n) is 1.91. The number of carbonyl (C=O) groups is 2. The van der Waals surface area contributed by atoms with Crippen LogP contribution in [-0.2, 0) is 0 Å². The van der Waals surface area contributed by atoms with Crippen molar-refractivity contribution in [2.75, 3.05) is 0 Å². The van der Waals surface area contributed by atoms with Crippen molar-refractivity contribution >= 4 is 23.2 Å². The van der Waals surface area contributed by atoms with Gasteiger partial charge >= 0.3 is 0 Å². The highest BCUT2D eigenvalue weighted by atomic mass is 32.1. The van der Waals surface area contributed by atoms with Crippen molar-refractivity contribution in [3.63, 3.8) is 0 Å². The van der Waals surface area contributed by atoms with Gasteiger partial charge in [0.05, 0.1) is 6.04 Å². The Morgan fingerprint density at radius 1 is 1.00 bits per heavy atom. The topological polar surface area (TPSA) is 71.1 Å². The first kappa shape index (κ1) is 16.2. The lowest BCUT2D eigenvalue weighted by Gasteiger charge is -2.12. The van der Waals surface area contributed by atoms with Gasteiger partial charge in [-0.3, -0.25) is 9.59 Å². The molecule has 0 radical (unpaired) electrons. The number of aromatic nitrogens is 1. The third-order valence-electron chi connectivity index (χ3n) is 3.00. The number of thiazole rings is 1. The molecule has 2 N–H and O–H groups in total. The van der Waals surface area contributed by atoms with Crippen LogP contribution in [0.1, 0.15) is 52.5 Å². The summed E-state index contributed by atoms with van der Waals surface area (Å²) in [6.07, 6.45) is 1.71. The van der Waals surface area contributed by atoms with Crippen LogP contribution in [0.3, 0.4) is 0 Å². The SMILES string of the molecule is CC(C)NC(=O)c1ccc(C(=O)NC(C)c2nccs2)cc1. The number of benzene rings is 1. The molecule has 116 valence electrons. The number of amides is 2. The van der Waals surface area contributed by atoms with E-state index in [0.717, 1.165) is 5.01 Å². The van der Waals surface area contributed by atoms with Gasteiger partial charge in [0.2, 0.25) is 0 Å². The summed E-state index contributed by atoms with van der Waals surface area (Å²) in [4.78, 5) is 28.2. The van der Waals surface area contributed by atoms with Crippen molar-refractivity contribution in [1.29, 1.82) is 0 Å². The minimum atomic E-state index is -0.182. The van der Waals surface area contributed by atoms with Crippen LogP contribution in [0.15, 0.2) is 35.8 Å². The van der Waals surface area contributed by atoms with Gasteiger partial charge in [0.15, 0.2) is 0 Å². The molecule has 1 unspecified atom stereocenters. The van der Waals surface area contributed by atoms with Gasteiger partial charge in [0.1, 0.15) is 5.01 Å². The highest BCUT2D eigenvalue weighted by Crippen LogP contribution is 2.15. The van der Waals surface area contributed by atoms with Crippen LogP contribution in [0, 0.1) is 0 Å². The summed E-state index contributed by atoms with van der Waals surface area (Å²) >= 11 is 1.50. The second-order valence-corrected chi connectivity index (χ2v) is 6.20. The van der Waals surface area contributed by atoms with Gasteiger partial charge in [-0.2, -0.15) is 0 Å². The minimum Gasteiger partial charge on any atom is -0.350 e. The largest absolute Gasteiger partial charge is 0.350 e. The van der Waals surface area contributed by atoms with E-state index in [4.69, 9.17) is 0 Å². The average molecular weight is 317 g/mol. The molecular formula is C16H19N3O2S. The van der Waals surface area contributed by atoms with Gasteiger partial charge in [-0.05, 0) is 45.0 Å². The summed E-state index contributed by atoms with van der Waals surface area (Å²) in [5.74, 6) is -0.323. The van der Waals surface area contributed by atoms with E-state index < -0.39 is 0 Å². The third-order valence-corrected chi connectivity index (χ3v) is 3.96. The highest BCUT2D eigenvalue weighted by molar-refractivity contribution is 7.09. The van der Waals surface area contributed by atoms with Gasteiger partial charge in [-0.15, -0.1) is 11.3 Å². The molecule has 1 heterocycles. The van der Waals surface area contributed by atoms with Crippen LogP contribution in [0.25, 0.3) is 0 Å². The molecule has 0 saturated heterocycles. The summed E-state index contributed by atoms with van der Waals surface area (Å²) in [6.45, 7) is 5.70. The number of rotatable bonds is 5. The smallest absolute Gasteiger partial charge is 0.251 e. The molecule has 2 aromatic rings. The molecular weight excluding hydrogens is 298 g/mol. The molecule has 1 aromatic carbocycles. The number of hydrogen-bond donors (Lipinski definition) is 2. The van der Waals surface area contributed by atoms with E-state index in [-0.39, 0.29) is 23.9 Å². The van der Waals surface area contributed by atoms with E-state index in [9.17, 15) is 9.59 Å². The number of carbonyl (C=O) groups excluding carboxylic acids is 2. The van der Waals surface area contributed by atoms with Crippen molar-refractivity contribution in [3.8, 4) is 0 Å². The Morgan fingerprint density at radius 2 is 1.55 bits per heavy atom. The van der Waals surface area contributed by atoms with Crippen molar-refractivity contribution in [3.05, 3.63) is 52.0 Å². The van der Waals surface area contributed by atoms with Crippen molar-refractivity contribution in [1.82, 2.24) is 15.6 Å². The molecule has 1 aromatic heterocycles. The van der Waals surface area contributed by atoms with Crippen LogP contribution in [0.4, 0.5) is 0 Å². The quantitative estimate of drug-likeness (QED) is 0.891. The number of nitrogens with one attached hydrogen (secondary N) is 2. The molecule has 2 rings (SSSR count). The van der Waals surface area contributed by atoms with E-state index in [1.807, 2.05) is 26.2 Å². The van der Waals surface area contributed by atoms with Gasteiger partial charge in [-0.1, -0.05) is 0 Å². The summed E-state index contributed by atoms with van der Waals surface area (Å²) in [5, 5.41) is 8.44. The van der Waals surface area contributed by atoms with Crippen molar-refractivity contribution < 1.29 is 9.59 Å². The predicted octanol–water partition coefficient (Wildman–Crippen LogP) is 2.77. The Kier molecular flexibility index (Phi) is 5.27. The first-order chi connectivity index (χ1) is 10.5. The molecule has 0 aliphatic heterocycles. The maximum Gasteiger partial charge on any atom is 0.251 e. The molecule has 0 saturated carbocycles. The second-order valence-electron chi connectivity index (χ2n) is 5.27. The zero-order valence-corrected chi connectivity index (χ0v) is 13.6. The zero-order valence-electron chi connectivity index (χ0n) is 12.8. The summed E-state index contributed by atoms with van der Waals surface area (Å²) in [5.41, 5.74) is 1.06. The average Bonchev–Trinajstić information content (AvgIpc) is 3.01. The Bertz CT molecular complexity index is 636. The maximum atomic E-state index is 12.2. The fraction of sp³-hybridized carbons (Fsp3) is 0.312. The fourth-order valence-corrected chi connectivity index (χ4v) is 2.55. The summed E-state index contributed by atoms with van der Waals surface area (Å²) in [7, 11) is 0. The monoisotopic (exact) mass is 317 g/mol. The molecule has 0 spiro atoms. The van der Waals surface area contributed by atoms with Crippen LogP contribution in [-0.4, -0.2) is 22.8 Å². The Labute approximate surface area is 133 Å².